The second kappa shape index (κ2) is 10.1. The minimum Gasteiger partial charge on any atom is -0.352 e. The largest absolute Gasteiger partial charge is 0.352 e. The van der Waals surface area contributed by atoms with E-state index in [4.69, 9.17) is 0 Å². The molecule has 0 spiro atoms. The molecule has 3 aliphatic rings. The number of hydrogen-bond donors (Lipinski definition) is 3. The molecule has 2 saturated heterocycles. The van der Waals surface area contributed by atoms with E-state index >= 15 is 0 Å². The summed E-state index contributed by atoms with van der Waals surface area (Å²) in [5.74, 6) is -0.542. The van der Waals surface area contributed by atoms with E-state index in [2.05, 4.69) is 38.2 Å². The maximum absolute atomic E-state index is 14.2. The maximum Gasteiger partial charge on any atom is 0.223 e. The molecule has 1 saturated carbocycles. The number of hydrogen-bond acceptors (Lipinski definition) is 5. The summed E-state index contributed by atoms with van der Waals surface area (Å²) in [4.78, 5) is 20.0. The first-order valence-corrected chi connectivity index (χ1v) is 13.3. The van der Waals surface area contributed by atoms with Crippen molar-refractivity contribution in [2.75, 3.05) is 20.1 Å². The molecule has 0 radical (unpaired) electrons. The number of fused-ring (bicyclic) bond motifs is 2. The minimum atomic E-state index is -0.495. The normalized spacial score (nSPS) is 30.4. The number of rotatable bonds is 5. The van der Waals surface area contributed by atoms with Crippen molar-refractivity contribution in [3.8, 4) is 0 Å². The Balaban J connectivity index is 1.10. The molecule has 1 aromatic carbocycles. The van der Waals surface area contributed by atoms with E-state index in [1.807, 2.05) is 23.8 Å². The summed E-state index contributed by atoms with van der Waals surface area (Å²) in [6, 6.07) is 8.70. The lowest BCUT2D eigenvalue weighted by Crippen LogP contribution is -2.52. The van der Waals surface area contributed by atoms with Crippen LogP contribution in [0.25, 0.3) is 5.65 Å². The third kappa shape index (κ3) is 5.00. The van der Waals surface area contributed by atoms with Crippen LogP contribution in [0.4, 0.5) is 8.78 Å². The van der Waals surface area contributed by atoms with E-state index in [1.165, 1.54) is 23.8 Å². The fourth-order valence-corrected chi connectivity index (χ4v) is 6.78. The summed E-state index contributed by atoms with van der Waals surface area (Å²) < 4.78 is 30.5. The summed E-state index contributed by atoms with van der Waals surface area (Å²) in [7, 11) is 2.01. The van der Waals surface area contributed by atoms with Crippen LogP contribution in [0.2, 0.25) is 0 Å². The van der Waals surface area contributed by atoms with E-state index < -0.39 is 11.6 Å². The number of halogens is 2. The molecule has 3 aromatic rings. The van der Waals surface area contributed by atoms with Crippen LogP contribution in [0, 0.1) is 29.4 Å². The highest BCUT2D eigenvalue weighted by Crippen LogP contribution is 2.40. The van der Waals surface area contributed by atoms with E-state index in [0.717, 1.165) is 44.4 Å². The monoisotopic (exact) mass is 508 g/mol. The molecule has 3 fully saturated rings. The minimum absolute atomic E-state index is 0.0257. The maximum atomic E-state index is 14.2. The number of imidazole rings is 1. The van der Waals surface area contributed by atoms with Gasteiger partial charge in [0.2, 0.25) is 5.91 Å². The van der Waals surface area contributed by atoms with Gasteiger partial charge in [0, 0.05) is 55.2 Å². The van der Waals surface area contributed by atoms with Crippen LogP contribution in [-0.4, -0.2) is 52.4 Å². The van der Waals surface area contributed by atoms with Gasteiger partial charge in [0.15, 0.2) is 0 Å². The van der Waals surface area contributed by atoms with Gasteiger partial charge in [0.05, 0.1) is 6.04 Å². The standard InChI is InChI=1S/C28H34F2N6O/c1-35-15-17(12-21-23(29)3-2-4-24(21)30)11-20(16-35)32-28(37)19-5-6-25-22(13-19)27(34-33-25)18-7-9-36-10-8-31-26(36)14-18/h2-4,7-10,14,17,19-20,22,25,27,33-34H,5-6,11-13,15-16H2,1H3,(H,32,37)/t17-,19?,20+,22?,25?,27?/m1/s1. The number of amides is 1. The van der Waals surface area contributed by atoms with Crippen molar-refractivity contribution >= 4 is 11.6 Å². The Bertz CT molecular complexity index is 1260. The van der Waals surface area contributed by atoms with Crippen LogP contribution in [0.1, 0.15) is 42.9 Å². The number of nitrogens with one attached hydrogen (secondary N) is 3. The molecular formula is C28H34F2N6O. The molecule has 7 nitrogen and oxygen atoms in total. The summed E-state index contributed by atoms with van der Waals surface area (Å²) >= 11 is 0. The third-order valence-corrected chi connectivity index (χ3v) is 8.52. The van der Waals surface area contributed by atoms with Crippen LogP contribution in [0.15, 0.2) is 48.9 Å². The molecule has 1 amide bonds. The molecule has 196 valence electrons. The molecule has 0 bridgehead atoms. The Morgan fingerprint density at radius 2 is 1.95 bits per heavy atom. The number of benzene rings is 1. The van der Waals surface area contributed by atoms with Crippen molar-refractivity contribution < 1.29 is 13.6 Å². The van der Waals surface area contributed by atoms with Crippen molar-refractivity contribution in [1.82, 2.24) is 30.5 Å². The SMILES string of the molecule is CN1C[C@@H](Cc2c(F)cccc2F)C[C@H](NC(=O)C2CCC3NNC(c4ccn5ccnc5c4)C3C2)C1. The van der Waals surface area contributed by atoms with Crippen molar-refractivity contribution in [3.05, 3.63) is 71.7 Å². The predicted octanol–water partition coefficient (Wildman–Crippen LogP) is 3.23. The van der Waals surface area contributed by atoms with Crippen LogP contribution >= 0.6 is 0 Å². The van der Waals surface area contributed by atoms with Gasteiger partial charge in [0.1, 0.15) is 17.3 Å². The van der Waals surface area contributed by atoms with Gasteiger partial charge in [-0.1, -0.05) is 6.07 Å². The first kappa shape index (κ1) is 24.5. The fourth-order valence-electron chi connectivity index (χ4n) is 6.78. The number of likely N-dealkylation sites (tertiary alicyclic amines) is 1. The summed E-state index contributed by atoms with van der Waals surface area (Å²) in [6.07, 6.45) is 9.42. The first-order chi connectivity index (χ1) is 17.9. The summed E-state index contributed by atoms with van der Waals surface area (Å²) in [5.41, 5.74) is 9.17. The number of nitrogens with zero attached hydrogens (tertiary/aromatic N) is 3. The number of carbonyl (C=O) groups excluding carboxylic acids is 1. The quantitative estimate of drug-likeness (QED) is 0.494. The smallest absolute Gasteiger partial charge is 0.223 e. The number of piperidine rings is 1. The number of hydrazine groups is 1. The lowest BCUT2D eigenvalue weighted by Gasteiger charge is -2.38. The molecule has 1 aliphatic carbocycles. The third-order valence-electron chi connectivity index (χ3n) is 8.52. The Morgan fingerprint density at radius 1 is 1.11 bits per heavy atom. The van der Waals surface area contributed by atoms with Crippen LogP contribution in [0.3, 0.4) is 0 Å². The fraction of sp³-hybridized carbons (Fsp3) is 0.500. The molecular weight excluding hydrogens is 474 g/mol. The van der Waals surface area contributed by atoms with E-state index in [9.17, 15) is 13.6 Å². The molecule has 3 N–H and O–H groups in total. The van der Waals surface area contributed by atoms with Crippen molar-refractivity contribution in [3.63, 3.8) is 0 Å². The van der Waals surface area contributed by atoms with Gasteiger partial charge in [-0.3, -0.25) is 10.2 Å². The highest BCUT2D eigenvalue weighted by atomic mass is 19.1. The van der Waals surface area contributed by atoms with Gasteiger partial charge in [-0.05, 0) is 80.8 Å². The predicted molar refractivity (Wildman–Crippen MR) is 136 cm³/mol. The van der Waals surface area contributed by atoms with Crippen molar-refractivity contribution in [2.24, 2.45) is 17.8 Å². The Labute approximate surface area is 215 Å². The molecule has 2 aliphatic heterocycles. The van der Waals surface area contributed by atoms with E-state index in [0.29, 0.717) is 18.4 Å². The average Bonchev–Trinajstić information content (AvgIpc) is 3.52. The zero-order chi connectivity index (χ0) is 25.5. The molecule has 4 heterocycles. The molecule has 6 atom stereocenters. The van der Waals surface area contributed by atoms with Gasteiger partial charge in [-0.25, -0.2) is 19.2 Å². The van der Waals surface area contributed by atoms with Crippen LogP contribution in [0.5, 0.6) is 0 Å². The first-order valence-electron chi connectivity index (χ1n) is 13.3. The van der Waals surface area contributed by atoms with E-state index in [1.54, 1.807) is 6.20 Å². The summed E-state index contributed by atoms with van der Waals surface area (Å²) in [5, 5.41) is 3.30. The highest BCUT2D eigenvalue weighted by molar-refractivity contribution is 5.79. The van der Waals surface area contributed by atoms with E-state index in [-0.39, 0.29) is 35.4 Å². The number of likely N-dealkylation sites (N-methyl/N-ethyl adjacent to an activating group) is 1. The Kier molecular flexibility index (Phi) is 6.69. The Hall–Kier alpha value is -2.88. The van der Waals surface area contributed by atoms with Gasteiger partial charge in [-0.2, -0.15) is 0 Å². The number of carbonyl (C=O) groups is 1. The zero-order valence-electron chi connectivity index (χ0n) is 21.0. The van der Waals surface area contributed by atoms with Crippen molar-refractivity contribution in [2.45, 2.75) is 50.2 Å². The lowest BCUT2D eigenvalue weighted by molar-refractivity contribution is -0.127. The van der Waals surface area contributed by atoms with Crippen molar-refractivity contribution in [1.29, 1.82) is 0 Å². The van der Waals surface area contributed by atoms with Gasteiger partial charge >= 0.3 is 0 Å². The molecule has 37 heavy (non-hydrogen) atoms. The number of aromatic nitrogens is 2. The summed E-state index contributed by atoms with van der Waals surface area (Å²) in [6.45, 7) is 1.50. The van der Waals surface area contributed by atoms with Gasteiger partial charge in [0.25, 0.3) is 0 Å². The van der Waals surface area contributed by atoms with Gasteiger partial charge in [-0.15, -0.1) is 0 Å². The molecule has 2 aromatic heterocycles. The second-order valence-electron chi connectivity index (χ2n) is 11.1. The average molecular weight is 509 g/mol. The lowest BCUT2D eigenvalue weighted by atomic mass is 9.74. The van der Waals surface area contributed by atoms with Gasteiger partial charge < -0.3 is 14.6 Å². The zero-order valence-corrected chi connectivity index (χ0v) is 21.0. The topological polar surface area (TPSA) is 73.7 Å². The molecule has 9 heteroatoms. The number of pyridine rings is 1. The molecule has 6 rings (SSSR count). The Morgan fingerprint density at radius 3 is 2.78 bits per heavy atom. The molecule has 4 unspecified atom stereocenters. The van der Waals surface area contributed by atoms with Crippen LogP contribution in [-0.2, 0) is 11.2 Å². The second-order valence-corrected chi connectivity index (χ2v) is 11.1. The highest BCUT2D eigenvalue weighted by Gasteiger charge is 2.43. The van der Waals surface area contributed by atoms with Crippen LogP contribution < -0.4 is 16.2 Å².